The third-order valence-corrected chi connectivity index (χ3v) is 5.68. The van der Waals surface area contributed by atoms with Crippen LogP contribution in [0, 0.1) is 16.0 Å². The summed E-state index contributed by atoms with van der Waals surface area (Å²) in [6.45, 7) is 4.57. The van der Waals surface area contributed by atoms with Crippen molar-refractivity contribution in [3.63, 3.8) is 0 Å². The van der Waals surface area contributed by atoms with Gasteiger partial charge in [0.1, 0.15) is 0 Å². The molecule has 0 bridgehead atoms. The van der Waals surface area contributed by atoms with Crippen molar-refractivity contribution in [3.8, 4) is 0 Å². The van der Waals surface area contributed by atoms with Gasteiger partial charge in [0, 0.05) is 43.7 Å². The molecule has 1 aromatic carbocycles. The van der Waals surface area contributed by atoms with Gasteiger partial charge in [0.15, 0.2) is 5.96 Å². The highest BCUT2D eigenvalue weighted by Gasteiger charge is 2.31. The van der Waals surface area contributed by atoms with E-state index < -0.39 is 4.92 Å². The molecule has 1 saturated carbocycles. The lowest BCUT2D eigenvalue weighted by Crippen LogP contribution is -2.45. The van der Waals surface area contributed by atoms with E-state index >= 15 is 0 Å². The van der Waals surface area contributed by atoms with Crippen molar-refractivity contribution in [2.24, 2.45) is 10.9 Å². The molecule has 2 N–H and O–H groups in total. The molecule has 1 unspecified atom stereocenters. The average molecular weight is 402 g/mol. The van der Waals surface area contributed by atoms with Gasteiger partial charge < -0.3 is 15.5 Å². The van der Waals surface area contributed by atoms with E-state index in [1.807, 2.05) is 17.9 Å². The van der Waals surface area contributed by atoms with Crippen LogP contribution in [0.15, 0.2) is 29.3 Å². The Morgan fingerprint density at radius 3 is 2.79 bits per heavy atom. The lowest BCUT2D eigenvalue weighted by molar-refractivity contribution is -0.384. The first kappa shape index (κ1) is 21.1. The molecule has 29 heavy (non-hydrogen) atoms. The third-order valence-electron chi connectivity index (χ3n) is 5.68. The van der Waals surface area contributed by atoms with Crippen LogP contribution in [0.4, 0.5) is 5.69 Å². The summed E-state index contributed by atoms with van der Waals surface area (Å²) in [4.78, 5) is 29.9. The Hall–Kier alpha value is -2.64. The van der Waals surface area contributed by atoms with E-state index in [0.29, 0.717) is 25.0 Å². The van der Waals surface area contributed by atoms with Crippen LogP contribution in [0.3, 0.4) is 0 Å². The smallest absolute Gasteiger partial charge is 0.269 e. The molecule has 1 heterocycles. The Morgan fingerprint density at radius 2 is 2.07 bits per heavy atom. The Balaban J connectivity index is 1.56. The van der Waals surface area contributed by atoms with Crippen molar-refractivity contribution < 1.29 is 9.72 Å². The molecule has 1 aliphatic carbocycles. The molecule has 0 radical (unpaired) electrons. The summed E-state index contributed by atoms with van der Waals surface area (Å²) in [6, 6.07) is 6.71. The third kappa shape index (κ3) is 5.92. The Morgan fingerprint density at radius 1 is 1.28 bits per heavy atom. The van der Waals surface area contributed by atoms with Crippen LogP contribution in [-0.4, -0.2) is 47.4 Å². The normalized spacial score (nSPS) is 20.5. The highest BCUT2D eigenvalue weighted by Crippen LogP contribution is 2.26. The van der Waals surface area contributed by atoms with Crippen molar-refractivity contribution in [3.05, 3.63) is 39.9 Å². The average Bonchev–Trinajstić information content (AvgIpc) is 3.21. The van der Waals surface area contributed by atoms with Crippen molar-refractivity contribution in [2.75, 3.05) is 19.6 Å². The predicted molar refractivity (Wildman–Crippen MR) is 113 cm³/mol. The number of rotatable bonds is 6. The lowest BCUT2D eigenvalue weighted by Gasteiger charge is -2.26. The Kier molecular flexibility index (Phi) is 7.43. The zero-order valence-electron chi connectivity index (χ0n) is 17.1. The Bertz CT molecular complexity index is 746. The summed E-state index contributed by atoms with van der Waals surface area (Å²) < 4.78 is 0. The summed E-state index contributed by atoms with van der Waals surface area (Å²) in [5, 5.41) is 17.6. The van der Waals surface area contributed by atoms with E-state index in [1.54, 1.807) is 12.1 Å². The SMILES string of the molecule is CCNC(=NCc1cccc([N+](=O)[O-])c1)NC1CCN(C(=O)C2CCCCC2)C1. The van der Waals surface area contributed by atoms with Crippen LogP contribution in [-0.2, 0) is 11.3 Å². The van der Waals surface area contributed by atoms with Gasteiger partial charge in [0.2, 0.25) is 5.91 Å². The Labute approximate surface area is 171 Å². The molecule has 0 spiro atoms. The van der Waals surface area contributed by atoms with Crippen LogP contribution >= 0.6 is 0 Å². The minimum atomic E-state index is -0.396. The minimum absolute atomic E-state index is 0.0725. The standard InChI is InChI=1S/C21H31N5O3/c1-2-22-21(23-14-16-7-6-10-19(13-16)26(28)29)24-18-11-12-25(15-18)20(27)17-8-4-3-5-9-17/h6-7,10,13,17-18H,2-5,8-9,11-12,14-15H2,1H3,(H2,22,23,24). The van der Waals surface area contributed by atoms with Crippen LogP contribution in [0.25, 0.3) is 0 Å². The van der Waals surface area contributed by atoms with E-state index in [2.05, 4.69) is 15.6 Å². The van der Waals surface area contributed by atoms with Gasteiger partial charge in [0.25, 0.3) is 5.69 Å². The fourth-order valence-electron chi connectivity index (χ4n) is 4.14. The van der Waals surface area contributed by atoms with Gasteiger partial charge in [-0.1, -0.05) is 31.4 Å². The number of benzene rings is 1. The number of nitrogens with zero attached hydrogens (tertiary/aromatic N) is 3. The van der Waals surface area contributed by atoms with E-state index in [9.17, 15) is 14.9 Å². The first-order chi connectivity index (χ1) is 14.1. The number of guanidine groups is 1. The number of amides is 1. The van der Waals surface area contributed by atoms with Gasteiger partial charge in [-0.05, 0) is 31.7 Å². The molecular formula is C21H31N5O3. The highest BCUT2D eigenvalue weighted by atomic mass is 16.6. The molecule has 1 aromatic rings. The van der Waals surface area contributed by atoms with E-state index in [-0.39, 0.29) is 17.6 Å². The number of carbonyl (C=O) groups is 1. The number of aliphatic imine (C=N–C) groups is 1. The van der Waals surface area contributed by atoms with Gasteiger partial charge in [-0.15, -0.1) is 0 Å². The van der Waals surface area contributed by atoms with Crippen LogP contribution in [0.5, 0.6) is 0 Å². The van der Waals surface area contributed by atoms with Gasteiger partial charge >= 0.3 is 0 Å². The van der Waals surface area contributed by atoms with Crippen LogP contribution in [0.2, 0.25) is 0 Å². The fourth-order valence-corrected chi connectivity index (χ4v) is 4.14. The molecule has 3 rings (SSSR count). The number of hydrogen-bond acceptors (Lipinski definition) is 4. The van der Waals surface area contributed by atoms with E-state index in [1.165, 1.54) is 25.3 Å². The molecule has 8 nitrogen and oxygen atoms in total. The molecule has 158 valence electrons. The molecule has 1 atom stereocenters. The number of nitrogens with one attached hydrogen (secondary N) is 2. The predicted octanol–water partition coefficient (Wildman–Crippen LogP) is 2.83. The van der Waals surface area contributed by atoms with Gasteiger partial charge in [-0.25, -0.2) is 4.99 Å². The largest absolute Gasteiger partial charge is 0.357 e. The number of non-ortho nitro benzene ring substituents is 1. The van der Waals surface area contributed by atoms with Crippen molar-refractivity contribution in [1.82, 2.24) is 15.5 Å². The highest BCUT2D eigenvalue weighted by molar-refractivity contribution is 5.81. The number of hydrogen-bond donors (Lipinski definition) is 2. The van der Waals surface area contributed by atoms with Crippen LogP contribution < -0.4 is 10.6 Å². The molecule has 8 heteroatoms. The monoisotopic (exact) mass is 401 g/mol. The van der Waals surface area contributed by atoms with Crippen molar-refractivity contribution >= 4 is 17.6 Å². The fraction of sp³-hybridized carbons (Fsp3) is 0.619. The summed E-state index contributed by atoms with van der Waals surface area (Å²) >= 11 is 0. The molecule has 1 amide bonds. The number of nitro groups is 1. The second-order valence-corrected chi connectivity index (χ2v) is 7.87. The zero-order valence-corrected chi connectivity index (χ0v) is 17.1. The summed E-state index contributed by atoms with van der Waals surface area (Å²) in [5.41, 5.74) is 0.861. The first-order valence-electron chi connectivity index (χ1n) is 10.6. The van der Waals surface area contributed by atoms with Crippen molar-refractivity contribution in [1.29, 1.82) is 0 Å². The molecular weight excluding hydrogens is 370 g/mol. The molecule has 1 aliphatic heterocycles. The quantitative estimate of drug-likeness (QED) is 0.330. The maximum atomic E-state index is 12.8. The minimum Gasteiger partial charge on any atom is -0.357 e. The summed E-state index contributed by atoms with van der Waals surface area (Å²) in [5.74, 6) is 1.20. The summed E-state index contributed by atoms with van der Waals surface area (Å²) in [7, 11) is 0. The molecule has 2 aliphatic rings. The molecule has 2 fully saturated rings. The lowest BCUT2D eigenvalue weighted by atomic mass is 9.88. The second-order valence-electron chi connectivity index (χ2n) is 7.87. The second kappa shape index (κ2) is 10.2. The van der Waals surface area contributed by atoms with E-state index in [4.69, 9.17) is 0 Å². The molecule has 1 saturated heterocycles. The molecule has 0 aromatic heterocycles. The first-order valence-corrected chi connectivity index (χ1v) is 10.6. The maximum absolute atomic E-state index is 12.8. The maximum Gasteiger partial charge on any atom is 0.269 e. The van der Waals surface area contributed by atoms with Gasteiger partial charge in [-0.2, -0.15) is 0 Å². The zero-order chi connectivity index (χ0) is 20.6. The summed E-state index contributed by atoms with van der Waals surface area (Å²) in [6.07, 6.45) is 6.55. The number of carbonyl (C=O) groups excluding carboxylic acids is 1. The van der Waals surface area contributed by atoms with Crippen molar-refractivity contribution in [2.45, 2.75) is 58.0 Å². The number of nitro benzene ring substituents is 1. The van der Waals surface area contributed by atoms with E-state index in [0.717, 1.165) is 37.9 Å². The van der Waals surface area contributed by atoms with Gasteiger partial charge in [0.05, 0.1) is 11.5 Å². The van der Waals surface area contributed by atoms with Crippen LogP contribution in [0.1, 0.15) is 51.0 Å². The number of likely N-dealkylation sites (tertiary alicyclic amines) is 1. The topological polar surface area (TPSA) is 99.9 Å². The van der Waals surface area contributed by atoms with Gasteiger partial charge in [-0.3, -0.25) is 14.9 Å².